The quantitative estimate of drug-likeness (QED) is 0.794. The summed E-state index contributed by atoms with van der Waals surface area (Å²) in [7, 11) is 1.60. The van der Waals surface area contributed by atoms with E-state index >= 15 is 0 Å². The zero-order valence-electron chi connectivity index (χ0n) is 17.6. The molecule has 0 atom stereocenters. The van der Waals surface area contributed by atoms with Crippen LogP contribution in [0.3, 0.4) is 0 Å². The van der Waals surface area contributed by atoms with Crippen molar-refractivity contribution in [2.24, 2.45) is 0 Å². The average molecular weight is 425 g/mol. The first-order chi connectivity index (χ1) is 13.5. The SMILES string of the molecule is CCO[C@H]1CC[C@](C)(N2CCC(n3c(=O)[nH]c4ccc(OC)nc43)CC2)CC1.Cl. The number of pyridine rings is 1. The fraction of sp³-hybridized carbons (Fsp3) is 0.714. The molecule has 1 aliphatic carbocycles. The number of imidazole rings is 1. The Hall–Kier alpha value is -1.57. The third-order valence-electron chi connectivity index (χ3n) is 6.75. The van der Waals surface area contributed by atoms with Gasteiger partial charge >= 0.3 is 5.69 Å². The van der Waals surface area contributed by atoms with Crippen molar-refractivity contribution in [3.05, 3.63) is 22.6 Å². The summed E-state index contributed by atoms with van der Waals surface area (Å²) in [6.07, 6.45) is 7.04. The van der Waals surface area contributed by atoms with Crippen LogP contribution in [0.4, 0.5) is 0 Å². The number of aromatic nitrogens is 3. The third-order valence-corrected chi connectivity index (χ3v) is 6.75. The minimum atomic E-state index is -0.0716. The van der Waals surface area contributed by atoms with Crippen LogP contribution in [-0.2, 0) is 4.74 Å². The Morgan fingerprint density at radius 2 is 1.90 bits per heavy atom. The van der Waals surface area contributed by atoms with Gasteiger partial charge in [-0.1, -0.05) is 0 Å². The zero-order valence-corrected chi connectivity index (χ0v) is 18.5. The molecule has 4 rings (SSSR count). The van der Waals surface area contributed by atoms with Crippen molar-refractivity contribution < 1.29 is 9.47 Å². The van der Waals surface area contributed by atoms with Crippen molar-refractivity contribution in [2.45, 2.75) is 70.1 Å². The highest BCUT2D eigenvalue weighted by molar-refractivity contribution is 5.85. The summed E-state index contributed by atoms with van der Waals surface area (Å²) in [5.74, 6) is 0.538. The van der Waals surface area contributed by atoms with Crippen LogP contribution >= 0.6 is 12.4 Å². The van der Waals surface area contributed by atoms with Gasteiger partial charge in [0.2, 0.25) is 5.88 Å². The van der Waals surface area contributed by atoms with Crippen molar-refractivity contribution in [1.29, 1.82) is 0 Å². The van der Waals surface area contributed by atoms with Crippen molar-refractivity contribution in [1.82, 2.24) is 19.4 Å². The molecule has 0 aromatic carbocycles. The van der Waals surface area contributed by atoms with Crippen molar-refractivity contribution in [3.63, 3.8) is 0 Å². The molecule has 2 aliphatic rings. The van der Waals surface area contributed by atoms with Gasteiger partial charge in [0.05, 0.1) is 18.7 Å². The molecule has 0 bridgehead atoms. The average Bonchev–Trinajstić information content (AvgIpc) is 3.05. The van der Waals surface area contributed by atoms with Gasteiger partial charge in [0, 0.05) is 37.3 Å². The van der Waals surface area contributed by atoms with E-state index < -0.39 is 0 Å². The first-order valence-electron chi connectivity index (χ1n) is 10.6. The maximum atomic E-state index is 12.6. The van der Waals surface area contributed by atoms with Gasteiger partial charge in [-0.15, -0.1) is 12.4 Å². The van der Waals surface area contributed by atoms with Crippen LogP contribution in [0.5, 0.6) is 5.88 Å². The van der Waals surface area contributed by atoms with E-state index in [1.807, 2.05) is 10.6 Å². The summed E-state index contributed by atoms with van der Waals surface area (Å²) in [4.78, 5) is 22.7. The van der Waals surface area contributed by atoms with Gasteiger partial charge < -0.3 is 14.5 Å². The van der Waals surface area contributed by atoms with Gasteiger partial charge in [-0.05, 0) is 58.4 Å². The first kappa shape index (κ1) is 22.1. The van der Waals surface area contributed by atoms with Crippen molar-refractivity contribution in [3.8, 4) is 5.88 Å². The molecule has 1 saturated heterocycles. The fourth-order valence-electron chi connectivity index (χ4n) is 5.03. The molecule has 1 N–H and O–H groups in total. The molecule has 1 aliphatic heterocycles. The topological polar surface area (TPSA) is 72.4 Å². The van der Waals surface area contributed by atoms with E-state index in [1.165, 1.54) is 12.8 Å². The third kappa shape index (κ3) is 4.32. The second-order valence-corrected chi connectivity index (χ2v) is 8.39. The van der Waals surface area contributed by atoms with E-state index in [4.69, 9.17) is 9.47 Å². The predicted octanol–water partition coefficient (Wildman–Crippen LogP) is 3.53. The highest BCUT2D eigenvalue weighted by Gasteiger charge is 2.38. The molecular weight excluding hydrogens is 392 g/mol. The second kappa shape index (κ2) is 9.06. The summed E-state index contributed by atoms with van der Waals surface area (Å²) in [5, 5.41) is 0. The van der Waals surface area contributed by atoms with Crippen LogP contribution < -0.4 is 10.4 Å². The summed E-state index contributed by atoms with van der Waals surface area (Å²) in [5.41, 5.74) is 1.66. The molecule has 8 heteroatoms. The Balaban J connectivity index is 0.00000240. The Morgan fingerprint density at radius 3 is 2.52 bits per heavy atom. The molecule has 3 heterocycles. The standard InChI is InChI=1S/C21H32N4O3.ClH/c1-4-28-16-7-11-21(2,12-8-16)24-13-9-15(10-14-24)25-19-17(22-20(25)26)5-6-18(23-19)27-3;/h5-6,15-16H,4,7-14H2,1-3H3,(H,22,26);1H/t16-,21-;. The number of methoxy groups -OCH3 is 1. The lowest BCUT2D eigenvalue weighted by atomic mass is 9.79. The van der Waals surface area contributed by atoms with Crippen LogP contribution in [0.1, 0.15) is 58.4 Å². The molecule has 0 radical (unpaired) electrons. The van der Waals surface area contributed by atoms with Gasteiger partial charge in [0.15, 0.2) is 5.65 Å². The molecule has 1 saturated carbocycles. The number of aromatic amines is 1. The van der Waals surface area contributed by atoms with Gasteiger partial charge in [0.1, 0.15) is 0 Å². The maximum absolute atomic E-state index is 12.6. The van der Waals surface area contributed by atoms with Gasteiger partial charge in [0.25, 0.3) is 0 Å². The molecule has 2 aromatic rings. The van der Waals surface area contributed by atoms with E-state index in [2.05, 4.69) is 28.7 Å². The number of halogens is 1. The number of likely N-dealkylation sites (tertiary alicyclic amines) is 1. The van der Waals surface area contributed by atoms with E-state index in [0.29, 0.717) is 17.6 Å². The predicted molar refractivity (Wildman–Crippen MR) is 116 cm³/mol. The summed E-state index contributed by atoms with van der Waals surface area (Å²) >= 11 is 0. The smallest absolute Gasteiger partial charge is 0.327 e. The number of piperidine rings is 1. The molecule has 2 aromatic heterocycles. The molecule has 0 spiro atoms. The number of hydrogen-bond donors (Lipinski definition) is 1. The summed E-state index contributed by atoms with van der Waals surface area (Å²) < 4.78 is 12.9. The Labute approximate surface area is 178 Å². The number of rotatable bonds is 5. The van der Waals surface area contributed by atoms with E-state index in [9.17, 15) is 4.79 Å². The van der Waals surface area contributed by atoms with Crippen LogP contribution in [0, 0.1) is 0 Å². The minimum absolute atomic E-state index is 0. The number of hydrogen-bond acceptors (Lipinski definition) is 5. The Morgan fingerprint density at radius 1 is 1.21 bits per heavy atom. The first-order valence-corrected chi connectivity index (χ1v) is 10.6. The molecule has 2 fully saturated rings. The molecule has 7 nitrogen and oxygen atoms in total. The molecule has 0 unspecified atom stereocenters. The van der Waals surface area contributed by atoms with E-state index in [1.54, 1.807) is 13.2 Å². The number of nitrogens with one attached hydrogen (secondary N) is 1. The molecule has 29 heavy (non-hydrogen) atoms. The van der Waals surface area contributed by atoms with Crippen molar-refractivity contribution in [2.75, 3.05) is 26.8 Å². The van der Waals surface area contributed by atoms with E-state index in [-0.39, 0.29) is 29.7 Å². The normalized spacial score (nSPS) is 26.4. The largest absolute Gasteiger partial charge is 0.481 e. The minimum Gasteiger partial charge on any atom is -0.481 e. The summed E-state index contributed by atoms with van der Waals surface area (Å²) in [6, 6.07) is 3.83. The van der Waals surface area contributed by atoms with Gasteiger partial charge in [-0.2, -0.15) is 4.98 Å². The van der Waals surface area contributed by atoms with Crippen LogP contribution in [-0.4, -0.2) is 57.9 Å². The van der Waals surface area contributed by atoms with Crippen LogP contribution in [0.15, 0.2) is 16.9 Å². The van der Waals surface area contributed by atoms with Crippen LogP contribution in [0.25, 0.3) is 11.2 Å². The lowest BCUT2D eigenvalue weighted by Crippen LogP contribution is -2.53. The van der Waals surface area contributed by atoms with Crippen molar-refractivity contribution >= 4 is 23.6 Å². The van der Waals surface area contributed by atoms with Crippen LogP contribution in [0.2, 0.25) is 0 Å². The molecular formula is C21H33ClN4O3. The summed E-state index contributed by atoms with van der Waals surface area (Å²) in [6.45, 7) is 7.33. The second-order valence-electron chi connectivity index (χ2n) is 8.39. The van der Waals surface area contributed by atoms with E-state index in [0.717, 1.165) is 50.9 Å². The molecule has 0 amide bonds. The lowest BCUT2D eigenvalue weighted by molar-refractivity contribution is -0.0273. The Bertz CT molecular complexity index is 864. The number of H-pyrrole nitrogens is 1. The van der Waals surface area contributed by atoms with Gasteiger partial charge in [-0.25, -0.2) is 4.79 Å². The zero-order chi connectivity index (χ0) is 19.7. The van der Waals surface area contributed by atoms with Gasteiger partial charge in [-0.3, -0.25) is 9.47 Å². The monoisotopic (exact) mass is 424 g/mol. The fourth-order valence-corrected chi connectivity index (χ4v) is 5.03. The maximum Gasteiger partial charge on any atom is 0.327 e. The number of ether oxygens (including phenoxy) is 2. The Kier molecular flexibility index (Phi) is 6.91. The molecule has 162 valence electrons. The number of fused-ring (bicyclic) bond motifs is 1. The highest BCUT2D eigenvalue weighted by Crippen LogP contribution is 2.37. The highest BCUT2D eigenvalue weighted by atomic mass is 35.5. The number of nitrogens with zero attached hydrogens (tertiary/aromatic N) is 3. The lowest BCUT2D eigenvalue weighted by Gasteiger charge is -2.48.